The minimum Gasteiger partial charge on any atom is -0.473 e. The number of hydrogen-bond donors (Lipinski definition) is 1. The van der Waals surface area contributed by atoms with Gasteiger partial charge in [0, 0.05) is 18.1 Å². The lowest BCUT2D eigenvalue weighted by Crippen LogP contribution is -2.33. The molecule has 1 aliphatic carbocycles. The van der Waals surface area contributed by atoms with Crippen LogP contribution in [0.5, 0.6) is 5.88 Å². The third-order valence-corrected chi connectivity index (χ3v) is 4.71. The largest absolute Gasteiger partial charge is 0.473 e. The SMILES string of the molecule is C[C@H](C(=O)Nc1cc(OCc2ccccc2)ncn1)n1nc(C2CC2)ccc1=O. The van der Waals surface area contributed by atoms with Crippen molar-refractivity contribution in [2.75, 3.05) is 5.32 Å². The summed E-state index contributed by atoms with van der Waals surface area (Å²) in [5.41, 5.74) is 1.54. The van der Waals surface area contributed by atoms with E-state index in [9.17, 15) is 9.59 Å². The molecule has 0 spiro atoms. The zero-order valence-corrected chi connectivity index (χ0v) is 16.0. The molecule has 2 heterocycles. The Morgan fingerprint density at radius 3 is 2.76 bits per heavy atom. The van der Waals surface area contributed by atoms with Crippen molar-refractivity contribution in [3.05, 3.63) is 76.5 Å². The Labute approximate surface area is 167 Å². The summed E-state index contributed by atoms with van der Waals surface area (Å²) in [7, 11) is 0. The average molecular weight is 391 g/mol. The molecule has 148 valence electrons. The fourth-order valence-electron chi connectivity index (χ4n) is 2.87. The number of nitrogens with one attached hydrogen (secondary N) is 1. The first-order valence-electron chi connectivity index (χ1n) is 9.49. The van der Waals surface area contributed by atoms with E-state index in [4.69, 9.17) is 4.74 Å². The van der Waals surface area contributed by atoms with Crippen LogP contribution in [0.2, 0.25) is 0 Å². The van der Waals surface area contributed by atoms with Crippen LogP contribution in [0.3, 0.4) is 0 Å². The van der Waals surface area contributed by atoms with Crippen LogP contribution in [0.15, 0.2) is 59.7 Å². The van der Waals surface area contributed by atoms with Crippen molar-refractivity contribution in [2.45, 2.75) is 38.3 Å². The summed E-state index contributed by atoms with van der Waals surface area (Å²) >= 11 is 0. The number of benzene rings is 1. The predicted molar refractivity (Wildman–Crippen MR) is 107 cm³/mol. The monoisotopic (exact) mass is 391 g/mol. The molecule has 0 radical (unpaired) electrons. The maximum atomic E-state index is 12.6. The minimum absolute atomic E-state index is 0.298. The minimum atomic E-state index is -0.773. The van der Waals surface area contributed by atoms with Gasteiger partial charge in [0.25, 0.3) is 5.56 Å². The Hall–Kier alpha value is -3.55. The highest BCUT2D eigenvalue weighted by Gasteiger charge is 2.27. The molecule has 0 aliphatic heterocycles. The van der Waals surface area contributed by atoms with Crippen LogP contribution in [-0.4, -0.2) is 25.7 Å². The molecule has 4 rings (SSSR count). The Bertz CT molecular complexity index is 1060. The van der Waals surface area contributed by atoms with Crippen LogP contribution < -0.4 is 15.6 Å². The fourth-order valence-corrected chi connectivity index (χ4v) is 2.87. The zero-order valence-electron chi connectivity index (χ0n) is 16.0. The standard InChI is InChI=1S/C21H21N5O3/c1-14(26-20(27)10-9-17(25-26)16-7-8-16)21(28)24-18-11-19(23-13-22-18)29-12-15-5-3-2-4-6-15/h2-6,9-11,13-14,16H,7-8,12H2,1H3,(H,22,23,24,28)/t14-/m1/s1. The highest BCUT2D eigenvalue weighted by Crippen LogP contribution is 2.38. The number of carbonyl (C=O) groups is 1. The maximum absolute atomic E-state index is 12.6. The molecule has 29 heavy (non-hydrogen) atoms. The third-order valence-electron chi connectivity index (χ3n) is 4.71. The summed E-state index contributed by atoms with van der Waals surface area (Å²) < 4.78 is 6.88. The van der Waals surface area contributed by atoms with Gasteiger partial charge in [-0.2, -0.15) is 5.10 Å². The summed E-state index contributed by atoms with van der Waals surface area (Å²) in [6, 6.07) is 13.7. The molecule has 1 N–H and O–H groups in total. The van der Waals surface area contributed by atoms with E-state index in [1.54, 1.807) is 19.1 Å². The first kappa shape index (κ1) is 18.8. The molecule has 1 fully saturated rings. The van der Waals surface area contributed by atoms with Crippen LogP contribution in [0.1, 0.15) is 43.0 Å². The van der Waals surface area contributed by atoms with E-state index in [1.807, 2.05) is 30.3 Å². The summed E-state index contributed by atoms with van der Waals surface area (Å²) in [6.45, 7) is 1.99. The molecule has 0 saturated heterocycles. The Morgan fingerprint density at radius 1 is 1.21 bits per heavy atom. The maximum Gasteiger partial charge on any atom is 0.267 e. The molecule has 0 bridgehead atoms. The van der Waals surface area contributed by atoms with Crippen molar-refractivity contribution in [1.29, 1.82) is 0 Å². The van der Waals surface area contributed by atoms with Gasteiger partial charge in [-0.1, -0.05) is 30.3 Å². The molecule has 8 nitrogen and oxygen atoms in total. The average Bonchev–Trinajstić information content (AvgIpc) is 3.58. The first-order chi connectivity index (χ1) is 14.1. The molecular formula is C21H21N5O3. The van der Waals surface area contributed by atoms with Crippen LogP contribution in [0, 0.1) is 0 Å². The number of rotatable bonds is 7. The third kappa shape index (κ3) is 4.66. The molecule has 0 unspecified atom stereocenters. The Morgan fingerprint density at radius 2 is 2.00 bits per heavy atom. The van der Waals surface area contributed by atoms with Gasteiger partial charge in [0.05, 0.1) is 5.69 Å². The normalized spacial score (nSPS) is 14.2. The van der Waals surface area contributed by atoms with Gasteiger partial charge in [0.15, 0.2) is 0 Å². The van der Waals surface area contributed by atoms with Crippen LogP contribution in [-0.2, 0) is 11.4 Å². The van der Waals surface area contributed by atoms with Crippen molar-refractivity contribution in [2.24, 2.45) is 0 Å². The number of anilines is 1. The molecular weight excluding hydrogens is 370 g/mol. The molecule has 1 amide bonds. The summed E-state index contributed by atoms with van der Waals surface area (Å²) in [6.07, 6.45) is 3.45. The van der Waals surface area contributed by atoms with E-state index in [0.29, 0.717) is 24.2 Å². The Kier molecular flexibility index (Phi) is 5.33. The summed E-state index contributed by atoms with van der Waals surface area (Å²) in [5, 5.41) is 7.06. The van der Waals surface area contributed by atoms with Crippen molar-refractivity contribution in [1.82, 2.24) is 19.7 Å². The number of nitrogens with zero attached hydrogens (tertiary/aromatic N) is 4. The number of ether oxygens (including phenoxy) is 1. The van der Waals surface area contributed by atoms with Crippen molar-refractivity contribution >= 4 is 11.7 Å². The van der Waals surface area contributed by atoms with E-state index in [-0.39, 0.29) is 11.5 Å². The number of hydrogen-bond acceptors (Lipinski definition) is 6. The molecule has 8 heteroatoms. The molecule has 2 aromatic heterocycles. The number of carbonyl (C=O) groups excluding carboxylic acids is 1. The van der Waals surface area contributed by atoms with Gasteiger partial charge < -0.3 is 10.1 Å². The van der Waals surface area contributed by atoms with Crippen molar-refractivity contribution in [3.63, 3.8) is 0 Å². The van der Waals surface area contributed by atoms with E-state index < -0.39 is 6.04 Å². The van der Waals surface area contributed by atoms with Crippen LogP contribution in [0.4, 0.5) is 5.82 Å². The lowest BCUT2D eigenvalue weighted by Gasteiger charge is -2.14. The molecule has 1 aromatic carbocycles. The van der Waals surface area contributed by atoms with Gasteiger partial charge in [-0.25, -0.2) is 14.6 Å². The van der Waals surface area contributed by atoms with E-state index >= 15 is 0 Å². The molecule has 1 saturated carbocycles. The van der Waals surface area contributed by atoms with Gasteiger partial charge >= 0.3 is 0 Å². The van der Waals surface area contributed by atoms with Crippen molar-refractivity contribution < 1.29 is 9.53 Å². The first-order valence-corrected chi connectivity index (χ1v) is 9.49. The van der Waals surface area contributed by atoms with Gasteiger partial charge in [-0.15, -0.1) is 0 Å². The van der Waals surface area contributed by atoms with Gasteiger partial charge in [0.2, 0.25) is 11.8 Å². The molecule has 3 aromatic rings. The van der Waals surface area contributed by atoms with Crippen LogP contribution >= 0.6 is 0 Å². The quantitative estimate of drug-likeness (QED) is 0.665. The highest BCUT2D eigenvalue weighted by molar-refractivity contribution is 5.92. The van der Waals surface area contributed by atoms with E-state index in [0.717, 1.165) is 24.1 Å². The number of aromatic nitrogens is 4. The zero-order chi connectivity index (χ0) is 20.2. The van der Waals surface area contributed by atoms with E-state index in [1.165, 1.54) is 17.1 Å². The van der Waals surface area contributed by atoms with Gasteiger partial charge in [-0.3, -0.25) is 9.59 Å². The summed E-state index contributed by atoms with van der Waals surface area (Å²) in [5.74, 6) is 0.646. The van der Waals surface area contributed by atoms with Crippen molar-refractivity contribution in [3.8, 4) is 5.88 Å². The number of amides is 1. The highest BCUT2D eigenvalue weighted by atomic mass is 16.5. The van der Waals surface area contributed by atoms with E-state index in [2.05, 4.69) is 20.4 Å². The molecule has 1 atom stereocenters. The second kappa shape index (κ2) is 8.22. The van der Waals surface area contributed by atoms with Gasteiger partial charge in [-0.05, 0) is 31.4 Å². The second-order valence-electron chi connectivity index (χ2n) is 7.00. The molecule has 1 aliphatic rings. The van der Waals surface area contributed by atoms with Crippen LogP contribution in [0.25, 0.3) is 0 Å². The predicted octanol–water partition coefficient (Wildman–Crippen LogP) is 2.69. The summed E-state index contributed by atoms with van der Waals surface area (Å²) in [4.78, 5) is 32.9. The fraction of sp³-hybridized carbons (Fsp3) is 0.286. The van der Waals surface area contributed by atoms with Gasteiger partial charge in [0.1, 0.15) is 24.8 Å². The smallest absolute Gasteiger partial charge is 0.267 e. The Balaban J connectivity index is 1.43. The lowest BCUT2D eigenvalue weighted by atomic mass is 10.2. The lowest BCUT2D eigenvalue weighted by molar-refractivity contribution is -0.119. The second-order valence-corrected chi connectivity index (χ2v) is 7.00. The topological polar surface area (TPSA) is 99.0 Å².